The van der Waals surface area contributed by atoms with Crippen LogP contribution < -0.4 is 5.32 Å². The van der Waals surface area contributed by atoms with Crippen LogP contribution in [0, 0.1) is 5.82 Å². The summed E-state index contributed by atoms with van der Waals surface area (Å²) in [4.78, 5) is 35.6. The van der Waals surface area contributed by atoms with Crippen LogP contribution in [0.15, 0.2) is 46.0 Å². The molecule has 3 heterocycles. The maximum absolute atomic E-state index is 14.4. The van der Waals surface area contributed by atoms with Gasteiger partial charge in [-0.1, -0.05) is 23.7 Å². The summed E-state index contributed by atoms with van der Waals surface area (Å²) in [5.74, 6) is -1.97. The number of carboxylic acids is 1. The maximum atomic E-state index is 14.4. The van der Waals surface area contributed by atoms with Crippen molar-refractivity contribution in [1.82, 2.24) is 15.2 Å². The molecule has 2 N–H and O–H groups in total. The lowest BCUT2D eigenvalue weighted by Crippen LogP contribution is -2.52. The van der Waals surface area contributed by atoms with E-state index in [-0.39, 0.29) is 35.9 Å². The number of nitrogens with one attached hydrogen (secondary N) is 1. The zero-order valence-corrected chi connectivity index (χ0v) is 19.7. The second-order valence-corrected chi connectivity index (χ2v) is 8.77. The number of hydrogen-bond donors (Lipinski definition) is 2. The van der Waals surface area contributed by atoms with Gasteiger partial charge in [0.05, 0.1) is 30.4 Å². The first kappa shape index (κ1) is 24.3. The van der Waals surface area contributed by atoms with E-state index in [1.807, 2.05) is 0 Å². The Morgan fingerprint density at radius 3 is 2.97 bits per heavy atom. The third-order valence-corrected chi connectivity index (χ3v) is 6.60. The van der Waals surface area contributed by atoms with Gasteiger partial charge in [0.2, 0.25) is 0 Å². The lowest BCUT2D eigenvalue weighted by Gasteiger charge is -2.35. The Labute approximate surface area is 203 Å². The highest BCUT2D eigenvalue weighted by molar-refractivity contribution is 7.11. The Bertz CT molecular complexity index is 1140. The molecule has 2 unspecified atom stereocenters. The van der Waals surface area contributed by atoms with E-state index in [0.29, 0.717) is 29.7 Å². The summed E-state index contributed by atoms with van der Waals surface area (Å²) in [6, 6.07) is 2.42. The van der Waals surface area contributed by atoms with Gasteiger partial charge >= 0.3 is 11.9 Å². The van der Waals surface area contributed by atoms with Gasteiger partial charge in [-0.3, -0.25) is 14.7 Å². The molecule has 1 saturated heterocycles. The Kier molecular flexibility index (Phi) is 7.57. The summed E-state index contributed by atoms with van der Waals surface area (Å²) in [7, 11) is 0. The molecule has 1 fully saturated rings. The number of carbonyl (C=O) groups is 2. The number of aromatic nitrogens is 1. The first-order valence-corrected chi connectivity index (χ1v) is 11.8. The summed E-state index contributed by atoms with van der Waals surface area (Å²) in [5, 5.41) is 15.0. The third kappa shape index (κ3) is 4.97. The molecule has 1 aromatic carbocycles. The van der Waals surface area contributed by atoms with Crippen LogP contribution in [0.25, 0.3) is 0 Å². The fourth-order valence-corrected chi connectivity index (χ4v) is 4.65. The van der Waals surface area contributed by atoms with E-state index in [9.17, 15) is 19.1 Å². The summed E-state index contributed by atoms with van der Waals surface area (Å²) < 4.78 is 25.0. The van der Waals surface area contributed by atoms with Crippen molar-refractivity contribution in [1.29, 1.82) is 0 Å². The number of ether oxygens (including phenoxy) is 2. The predicted molar refractivity (Wildman–Crippen MR) is 123 cm³/mol. The van der Waals surface area contributed by atoms with E-state index in [0.717, 1.165) is 0 Å². The number of hydrogen-bond acceptors (Lipinski definition) is 9. The zero-order chi connectivity index (χ0) is 24.2. The molecule has 0 bridgehead atoms. The zero-order valence-electron chi connectivity index (χ0n) is 18.2. The Morgan fingerprint density at radius 2 is 2.26 bits per heavy atom. The molecule has 12 heteroatoms. The Hall–Kier alpha value is -2.86. The summed E-state index contributed by atoms with van der Waals surface area (Å²) in [6.45, 7) is 2.56. The number of rotatable bonds is 7. The summed E-state index contributed by atoms with van der Waals surface area (Å²) in [6.07, 6.45) is 1.61. The Balaban J connectivity index is 1.84. The number of morpholine rings is 1. The van der Waals surface area contributed by atoms with Crippen molar-refractivity contribution in [3.05, 3.63) is 62.5 Å². The lowest BCUT2D eigenvalue weighted by atomic mass is 9.95. The van der Waals surface area contributed by atoms with Crippen molar-refractivity contribution in [3.63, 3.8) is 0 Å². The van der Waals surface area contributed by atoms with Crippen LogP contribution in [0.5, 0.6) is 0 Å². The van der Waals surface area contributed by atoms with Crippen LogP contribution >= 0.6 is 22.9 Å². The highest BCUT2D eigenvalue weighted by Gasteiger charge is 2.37. The van der Waals surface area contributed by atoms with Crippen LogP contribution in [0.4, 0.5) is 4.39 Å². The van der Waals surface area contributed by atoms with E-state index < -0.39 is 29.8 Å². The second kappa shape index (κ2) is 10.6. The largest absolute Gasteiger partial charge is 0.480 e. The van der Waals surface area contributed by atoms with Gasteiger partial charge in [-0.15, -0.1) is 11.3 Å². The van der Waals surface area contributed by atoms with Crippen molar-refractivity contribution in [2.45, 2.75) is 19.0 Å². The van der Waals surface area contributed by atoms with Crippen molar-refractivity contribution in [2.24, 2.45) is 4.99 Å². The molecule has 0 amide bonds. The number of aliphatic carboxylic acids is 1. The van der Waals surface area contributed by atoms with Crippen LogP contribution in [0.3, 0.4) is 0 Å². The van der Waals surface area contributed by atoms with Gasteiger partial charge in [0.15, 0.2) is 10.8 Å². The first-order valence-electron chi connectivity index (χ1n) is 10.5. The lowest BCUT2D eigenvalue weighted by molar-refractivity contribution is -0.149. The van der Waals surface area contributed by atoms with Crippen LogP contribution in [0.2, 0.25) is 5.02 Å². The minimum atomic E-state index is -1.03. The van der Waals surface area contributed by atoms with Gasteiger partial charge < -0.3 is 19.9 Å². The van der Waals surface area contributed by atoms with Crippen molar-refractivity contribution < 1.29 is 28.6 Å². The summed E-state index contributed by atoms with van der Waals surface area (Å²) >= 11 is 7.62. The van der Waals surface area contributed by atoms with E-state index in [2.05, 4.69) is 15.3 Å². The van der Waals surface area contributed by atoms with Crippen molar-refractivity contribution >= 4 is 40.7 Å². The number of nitrogens with zero attached hydrogens (tertiary/aromatic N) is 3. The highest BCUT2D eigenvalue weighted by atomic mass is 35.5. The van der Waals surface area contributed by atoms with Crippen LogP contribution in [-0.2, 0) is 19.1 Å². The SMILES string of the molecule is CCOC(=O)C1=C(CN2CCOCC2C(=O)O)NC(c2nccs2)=NC1c1cccc(F)c1Cl. The number of amidine groups is 1. The summed E-state index contributed by atoms with van der Waals surface area (Å²) in [5.41, 5.74) is 0.803. The number of thiazole rings is 1. The molecule has 2 aliphatic rings. The first-order chi connectivity index (χ1) is 16.4. The van der Waals surface area contributed by atoms with Gasteiger partial charge in [-0.05, 0) is 13.0 Å². The molecular formula is C22H22ClFN4O5S. The molecule has 0 saturated carbocycles. The molecular weight excluding hydrogens is 487 g/mol. The average Bonchev–Trinajstić information content (AvgIpc) is 3.36. The monoisotopic (exact) mass is 508 g/mol. The number of esters is 1. The predicted octanol–water partition coefficient (Wildman–Crippen LogP) is 2.63. The molecule has 4 rings (SSSR count). The standard InChI is InChI=1S/C22H22ClFN4O5S/c1-2-33-22(31)16-14(10-28-7-8-32-11-15(28)21(29)30)26-19(20-25-6-9-34-20)27-18(16)12-4-3-5-13(24)17(12)23/h3-6,9,15,18H,2,7-8,10-11H2,1H3,(H,26,27)(H,29,30). The number of benzene rings is 1. The van der Waals surface area contributed by atoms with Gasteiger partial charge in [0.1, 0.15) is 17.9 Å². The van der Waals surface area contributed by atoms with Gasteiger partial charge in [-0.2, -0.15) is 0 Å². The number of carbonyl (C=O) groups excluding carboxylic acids is 1. The molecule has 9 nitrogen and oxygen atoms in total. The van der Waals surface area contributed by atoms with Gasteiger partial charge in [0.25, 0.3) is 0 Å². The minimum absolute atomic E-state index is 0.0178. The molecule has 180 valence electrons. The third-order valence-electron chi connectivity index (χ3n) is 5.42. The van der Waals surface area contributed by atoms with E-state index in [4.69, 9.17) is 21.1 Å². The number of carboxylic acid groups (broad SMARTS) is 1. The highest BCUT2D eigenvalue weighted by Crippen LogP contribution is 2.37. The topological polar surface area (TPSA) is 113 Å². The van der Waals surface area contributed by atoms with E-state index in [1.54, 1.807) is 29.5 Å². The van der Waals surface area contributed by atoms with E-state index in [1.165, 1.54) is 23.5 Å². The van der Waals surface area contributed by atoms with Crippen molar-refractivity contribution in [3.8, 4) is 0 Å². The number of aliphatic imine (C=N–C) groups is 1. The quantitative estimate of drug-likeness (QED) is 0.549. The minimum Gasteiger partial charge on any atom is -0.480 e. The second-order valence-electron chi connectivity index (χ2n) is 7.50. The fraction of sp³-hybridized carbons (Fsp3) is 0.364. The molecule has 0 radical (unpaired) electrons. The maximum Gasteiger partial charge on any atom is 0.338 e. The molecule has 2 atom stereocenters. The molecule has 2 aliphatic heterocycles. The molecule has 0 spiro atoms. The van der Waals surface area contributed by atoms with Crippen molar-refractivity contribution in [2.75, 3.05) is 32.9 Å². The van der Waals surface area contributed by atoms with Crippen LogP contribution in [-0.4, -0.2) is 71.7 Å². The number of halogens is 2. The van der Waals surface area contributed by atoms with E-state index >= 15 is 0 Å². The molecule has 34 heavy (non-hydrogen) atoms. The Morgan fingerprint density at radius 1 is 1.44 bits per heavy atom. The molecule has 1 aromatic heterocycles. The fourth-order valence-electron chi connectivity index (χ4n) is 3.83. The normalized spacial score (nSPS) is 21.1. The smallest absolute Gasteiger partial charge is 0.338 e. The molecule has 0 aliphatic carbocycles. The average molecular weight is 509 g/mol. The van der Waals surface area contributed by atoms with Gasteiger partial charge in [0, 0.05) is 35.9 Å². The van der Waals surface area contributed by atoms with Gasteiger partial charge in [-0.25, -0.2) is 14.2 Å². The van der Waals surface area contributed by atoms with Crippen LogP contribution in [0.1, 0.15) is 23.5 Å². The molecule has 2 aromatic rings.